The van der Waals surface area contributed by atoms with E-state index in [4.69, 9.17) is 5.73 Å². The van der Waals surface area contributed by atoms with Crippen LogP contribution in [0.4, 0.5) is 5.82 Å². The maximum absolute atomic E-state index is 12.0. The maximum Gasteiger partial charge on any atom is 0.270 e. The number of amides is 2. The van der Waals surface area contributed by atoms with Crippen LogP contribution < -0.4 is 16.0 Å². The van der Waals surface area contributed by atoms with Crippen molar-refractivity contribution in [3.63, 3.8) is 0 Å². The second-order valence-electron chi connectivity index (χ2n) is 4.74. The quantitative estimate of drug-likeness (QED) is 0.801. The Bertz CT molecular complexity index is 684. The molecule has 0 aromatic carbocycles. The van der Waals surface area contributed by atoms with Gasteiger partial charge in [0.25, 0.3) is 5.91 Å². The van der Waals surface area contributed by atoms with Crippen molar-refractivity contribution < 1.29 is 9.59 Å². The molecule has 114 valence electrons. The van der Waals surface area contributed by atoms with Crippen LogP contribution in [0, 0.1) is 0 Å². The van der Waals surface area contributed by atoms with E-state index in [1.807, 2.05) is 19.0 Å². The number of pyridine rings is 1. The van der Waals surface area contributed by atoms with Crippen molar-refractivity contribution in [1.82, 2.24) is 20.3 Å². The lowest BCUT2D eigenvalue weighted by Crippen LogP contribution is -2.25. The number of carbonyl (C=O) groups excluding carboxylic acids is 2. The summed E-state index contributed by atoms with van der Waals surface area (Å²) in [6, 6.07) is 2.79. The van der Waals surface area contributed by atoms with Crippen molar-refractivity contribution in [2.45, 2.75) is 6.54 Å². The Hall–Kier alpha value is -3.03. The van der Waals surface area contributed by atoms with Gasteiger partial charge in [-0.2, -0.15) is 0 Å². The summed E-state index contributed by atoms with van der Waals surface area (Å²) in [7, 11) is 3.73. The molecular weight excluding hydrogens is 284 g/mol. The molecule has 0 bridgehead atoms. The smallest absolute Gasteiger partial charge is 0.270 e. The topological polar surface area (TPSA) is 114 Å². The number of nitrogens with one attached hydrogen (secondary N) is 1. The van der Waals surface area contributed by atoms with Crippen molar-refractivity contribution in [1.29, 1.82) is 0 Å². The number of nitrogens with two attached hydrogens (primary N) is 1. The highest BCUT2D eigenvalue weighted by Crippen LogP contribution is 2.05. The molecule has 0 radical (unpaired) electrons. The Morgan fingerprint density at radius 3 is 2.59 bits per heavy atom. The lowest BCUT2D eigenvalue weighted by Gasteiger charge is -2.10. The van der Waals surface area contributed by atoms with Gasteiger partial charge >= 0.3 is 0 Å². The Morgan fingerprint density at radius 1 is 1.23 bits per heavy atom. The van der Waals surface area contributed by atoms with Gasteiger partial charge in [0.15, 0.2) is 0 Å². The van der Waals surface area contributed by atoms with Gasteiger partial charge in [-0.25, -0.2) is 4.98 Å². The first-order chi connectivity index (χ1) is 10.5. The fourth-order valence-electron chi connectivity index (χ4n) is 1.64. The third-order valence-electron chi connectivity index (χ3n) is 2.86. The van der Waals surface area contributed by atoms with Gasteiger partial charge in [-0.05, 0) is 12.1 Å². The fraction of sp³-hybridized carbons (Fsp3) is 0.214. The molecule has 0 aliphatic heterocycles. The minimum absolute atomic E-state index is 0.120. The van der Waals surface area contributed by atoms with E-state index < -0.39 is 11.8 Å². The Morgan fingerprint density at radius 2 is 2.00 bits per heavy atom. The standard InChI is InChI=1S/C14H16N6O2/c1-20(2)12-8-17-10(6-18-12)7-19-14(22)11-5-9(13(15)21)3-4-16-11/h3-6,8H,7H2,1-2H3,(H2,15,21)(H,19,22). The molecule has 2 amide bonds. The van der Waals surface area contributed by atoms with Crippen molar-refractivity contribution in [3.05, 3.63) is 47.7 Å². The first kappa shape index (κ1) is 15.4. The van der Waals surface area contributed by atoms with Crippen LogP contribution >= 0.6 is 0 Å². The molecule has 2 aromatic rings. The summed E-state index contributed by atoms with van der Waals surface area (Å²) >= 11 is 0. The molecule has 8 heteroatoms. The molecule has 2 heterocycles. The molecule has 2 rings (SSSR count). The monoisotopic (exact) mass is 300 g/mol. The minimum atomic E-state index is -0.610. The summed E-state index contributed by atoms with van der Waals surface area (Å²) in [5.41, 5.74) is 6.13. The fourth-order valence-corrected chi connectivity index (χ4v) is 1.64. The average Bonchev–Trinajstić information content (AvgIpc) is 2.53. The number of hydrogen-bond donors (Lipinski definition) is 2. The lowest BCUT2D eigenvalue weighted by molar-refractivity contribution is 0.0945. The number of primary amides is 1. The summed E-state index contributed by atoms with van der Waals surface area (Å²) in [6.07, 6.45) is 4.57. The second-order valence-corrected chi connectivity index (χ2v) is 4.74. The van der Waals surface area contributed by atoms with Crippen molar-refractivity contribution in [2.24, 2.45) is 5.73 Å². The van der Waals surface area contributed by atoms with Crippen LogP contribution in [0.3, 0.4) is 0 Å². The van der Waals surface area contributed by atoms with E-state index in [-0.39, 0.29) is 17.8 Å². The van der Waals surface area contributed by atoms with Crippen LogP contribution in [0.25, 0.3) is 0 Å². The van der Waals surface area contributed by atoms with Gasteiger partial charge in [0.2, 0.25) is 5.91 Å². The van der Waals surface area contributed by atoms with Crippen LogP contribution in [0.2, 0.25) is 0 Å². The SMILES string of the molecule is CN(C)c1cnc(CNC(=O)c2cc(C(N)=O)ccn2)cn1. The summed E-state index contributed by atoms with van der Waals surface area (Å²) in [6.45, 7) is 0.210. The first-order valence-electron chi connectivity index (χ1n) is 6.49. The van der Waals surface area contributed by atoms with Gasteiger partial charge in [0, 0.05) is 25.9 Å². The number of nitrogens with zero attached hydrogens (tertiary/aromatic N) is 4. The highest BCUT2D eigenvalue weighted by atomic mass is 16.2. The van der Waals surface area contributed by atoms with E-state index in [1.54, 1.807) is 12.4 Å². The predicted octanol–water partition coefficient (Wildman–Crippen LogP) is -0.0335. The highest BCUT2D eigenvalue weighted by Gasteiger charge is 2.10. The molecule has 0 saturated carbocycles. The third kappa shape index (κ3) is 3.75. The van der Waals surface area contributed by atoms with Gasteiger partial charge in [-0.3, -0.25) is 19.6 Å². The lowest BCUT2D eigenvalue weighted by atomic mass is 10.2. The molecule has 22 heavy (non-hydrogen) atoms. The normalized spacial score (nSPS) is 10.1. The molecule has 0 atom stereocenters. The number of rotatable bonds is 5. The van der Waals surface area contributed by atoms with Crippen LogP contribution in [0.15, 0.2) is 30.7 Å². The zero-order valence-corrected chi connectivity index (χ0v) is 12.3. The van der Waals surface area contributed by atoms with Gasteiger partial charge < -0.3 is 16.0 Å². The van der Waals surface area contributed by atoms with Crippen molar-refractivity contribution in [2.75, 3.05) is 19.0 Å². The number of hydrogen-bond acceptors (Lipinski definition) is 6. The van der Waals surface area contributed by atoms with Crippen LogP contribution in [-0.2, 0) is 6.54 Å². The Labute approximate surface area is 127 Å². The highest BCUT2D eigenvalue weighted by molar-refractivity contribution is 5.97. The van der Waals surface area contributed by atoms with Crippen LogP contribution in [0.5, 0.6) is 0 Å². The summed E-state index contributed by atoms with van der Waals surface area (Å²) < 4.78 is 0. The van der Waals surface area contributed by atoms with E-state index >= 15 is 0 Å². The summed E-state index contributed by atoms with van der Waals surface area (Å²) in [5.74, 6) is -0.297. The molecular formula is C14H16N6O2. The molecule has 0 fully saturated rings. The van der Waals surface area contributed by atoms with Crippen molar-refractivity contribution >= 4 is 17.6 Å². The van der Waals surface area contributed by atoms with Gasteiger partial charge in [-0.1, -0.05) is 0 Å². The molecule has 0 unspecified atom stereocenters. The molecule has 0 aliphatic rings. The van der Waals surface area contributed by atoms with E-state index in [0.29, 0.717) is 5.69 Å². The zero-order valence-electron chi connectivity index (χ0n) is 12.3. The molecule has 0 spiro atoms. The van der Waals surface area contributed by atoms with E-state index in [2.05, 4.69) is 20.3 Å². The van der Waals surface area contributed by atoms with Crippen LogP contribution in [0.1, 0.15) is 26.5 Å². The zero-order chi connectivity index (χ0) is 16.1. The first-order valence-corrected chi connectivity index (χ1v) is 6.49. The number of carbonyl (C=O) groups is 2. The van der Waals surface area contributed by atoms with Gasteiger partial charge in [0.05, 0.1) is 24.6 Å². The minimum Gasteiger partial charge on any atom is -0.366 e. The Kier molecular flexibility index (Phi) is 4.62. The molecule has 0 aliphatic carbocycles. The number of aromatic nitrogens is 3. The largest absolute Gasteiger partial charge is 0.366 e. The second kappa shape index (κ2) is 6.61. The van der Waals surface area contributed by atoms with E-state index in [0.717, 1.165) is 5.82 Å². The number of anilines is 1. The molecule has 2 aromatic heterocycles. The third-order valence-corrected chi connectivity index (χ3v) is 2.86. The van der Waals surface area contributed by atoms with E-state index in [1.165, 1.54) is 18.3 Å². The summed E-state index contributed by atoms with van der Waals surface area (Å²) in [5, 5.41) is 2.66. The van der Waals surface area contributed by atoms with Gasteiger partial charge in [-0.15, -0.1) is 0 Å². The van der Waals surface area contributed by atoms with E-state index in [9.17, 15) is 9.59 Å². The Balaban J connectivity index is 2.00. The molecule has 8 nitrogen and oxygen atoms in total. The van der Waals surface area contributed by atoms with Gasteiger partial charge in [0.1, 0.15) is 11.5 Å². The predicted molar refractivity (Wildman–Crippen MR) is 80.3 cm³/mol. The maximum atomic E-state index is 12.0. The van der Waals surface area contributed by atoms with Crippen LogP contribution in [-0.4, -0.2) is 40.9 Å². The van der Waals surface area contributed by atoms with Crippen molar-refractivity contribution in [3.8, 4) is 0 Å². The molecule has 3 N–H and O–H groups in total. The molecule has 0 saturated heterocycles. The average molecular weight is 300 g/mol. The summed E-state index contributed by atoms with van der Waals surface area (Å²) in [4.78, 5) is 37.2.